The third kappa shape index (κ3) is 8.16. The molecule has 1 rings (SSSR count). The van der Waals surface area contributed by atoms with Crippen LogP contribution in [0.15, 0.2) is 4.99 Å². The number of nitrogens with zero attached hydrogens (tertiary/aromatic N) is 1. The van der Waals surface area contributed by atoms with Crippen molar-refractivity contribution in [2.45, 2.75) is 45.2 Å². The second-order valence-corrected chi connectivity index (χ2v) is 7.60. The van der Waals surface area contributed by atoms with Crippen molar-refractivity contribution in [2.75, 3.05) is 25.1 Å². The number of rotatable bonds is 6. The van der Waals surface area contributed by atoms with Gasteiger partial charge < -0.3 is 16.0 Å². The smallest absolute Gasteiger partial charge is 0.221 e. The van der Waals surface area contributed by atoms with Crippen molar-refractivity contribution < 1.29 is 13.2 Å². The van der Waals surface area contributed by atoms with Gasteiger partial charge in [0.15, 0.2) is 15.8 Å². The van der Waals surface area contributed by atoms with Gasteiger partial charge in [0, 0.05) is 32.1 Å². The van der Waals surface area contributed by atoms with Crippen LogP contribution in [0.3, 0.4) is 0 Å². The lowest BCUT2D eigenvalue weighted by Crippen LogP contribution is -2.45. The fraction of sp³-hybridized carbons (Fsp3) is 0.846. The molecule has 0 aromatic carbocycles. The van der Waals surface area contributed by atoms with Crippen molar-refractivity contribution in [3.8, 4) is 0 Å². The average molecular weight is 446 g/mol. The predicted molar refractivity (Wildman–Crippen MR) is 99.5 cm³/mol. The maximum atomic E-state index is 11.6. The van der Waals surface area contributed by atoms with Gasteiger partial charge in [-0.25, -0.2) is 8.42 Å². The highest BCUT2D eigenvalue weighted by molar-refractivity contribution is 14.0. The van der Waals surface area contributed by atoms with Crippen molar-refractivity contribution >= 4 is 45.7 Å². The Hall–Kier alpha value is -0.580. The van der Waals surface area contributed by atoms with E-state index in [1.54, 1.807) is 7.05 Å². The topological polar surface area (TPSA) is 99.7 Å². The molecule has 22 heavy (non-hydrogen) atoms. The van der Waals surface area contributed by atoms with Gasteiger partial charge in [-0.1, -0.05) is 6.92 Å². The minimum Gasteiger partial charge on any atom is -0.356 e. The van der Waals surface area contributed by atoms with Crippen molar-refractivity contribution in [1.82, 2.24) is 16.0 Å². The van der Waals surface area contributed by atoms with Crippen LogP contribution in [0.2, 0.25) is 0 Å². The number of guanidine groups is 1. The van der Waals surface area contributed by atoms with Crippen LogP contribution < -0.4 is 16.0 Å². The number of hydrogen-bond acceptors (Lipinski definition) is 4. The zero-order chi connectivity index (χ0) is 15.9. The zero-order valence-corrected chi connectivity index (χ0v) is 16.5. The molecule has 130 valence electrons. The molecule has 1 fully saturated rings. The summed E-state index contributed by atoms with van der Waals surface area (Å²) in [5.41, 5.74) is 0. The Kier molecular flexibility index (Phi) is 9.97. The molecule has 1 aliphatic rings. The van der Waals surface area contributed by atoms with Crippen LogP contribution in [0.4, 0.5) is 0 Å². The first-order valence-electron chi connectivity index (χ1n) is 7.33. The Bertz CT molecular complexity index is 482. The minimum absolute atomic E-state index is 0. The van der Waals surface area contributed by atoms with Gasteiger partial charge in [-0.3, -0.25) is 9.79 Å². The molecular formula is C13H27IN4O3S. The van der Waals surface area contributed by atoms with E-state index in [9.17, 15) is 13.2 Å². The lowest BCUT2D eigenvalue weighted by atomic mass is 10.2. The number of sulfone groups is 1. The fourth-order valence-corrected chi connectivity index (χ4v) is 3.71. The number of halogens is 1. The largest absolute Gasteiger partial charge is 0.356 e. The Morgan fingerprint density at radius 2 is 2.09 bits per heavy atom. The summed E-state index contributed by atoms with van der Waals surface area (Å²) in [7, 11) is -1.29. The van der Waals surface area contributed by atoms with E-state index in [2.05, 4.69) is 20.9 Å². The summed E-state index contributed by atoms with van der Waals surface area (Å²) in [6.45, 7) is 4.44. The minimum atomic E-state index is -2.91. The number of carbonyl (C=O) groups is 1. The number of hydrogen-bond donors (Lipinski definition) is 3. The number of amides is 1. The summed E-state index contributed by atoms with van der Waals surface area (Å²) in [4.78, 5) is 15.7. The van der Waals surface area contributed by atoms with E-state index in [4.69, 9.17) is 0 Å². The second-order valence-electron chi connectivity index (χ2n) is 5.37. The summed E-state index contributed by atoms with van der Waals surface area (Å²) in [6, 6.07) is 0.0776. The highest BCUT2D eigenvalue weighted by Gasteiger charge is 2.28. The van der Waals surface area contributed by atoms with E-state index in [1.165, 1.54) is 0 Å². The van der Waals surface area contributed by atoms with E-state index in [0.29, 0.717) is 25.3 Å². The number of aliphatic imine (C=N–C) groups is 1. The molecular weight excluding hydrogens is 419 g/mol. The van der Waals surface area contributed by atoms with E-state index >= 15 is 0 Å². The molecule has 1 aliphatic heterocycles. The first-order chi connectivity index (χ1) is 9.86. The van der Waals surface area contributed by atoms with Gasteiger partial charge in [-0.15, -0.1) is 24.0 Å². The van der Waals surface area contributed by atoms with Crippen LogP contribution >= 0.6 is 24.0 Å². The van der Waals surface area contributed by atoms with Gasteiger partial charge in [-0.2, -0.15) is 0 Å². The van der Waals surface area contributed by atoms with Crippen LogP contribution in [0.5, 0.6) is 0 Å². The third-order valence-electron chi connectivity index (χ3n) is 3.46. The van der Waals surface area contributed by atoms with Crippen molar-refractivity contribution in [1.29, 1.82) is 0 Å². The van der Waals surface area contributed by atoms with Crippen LogP contribution in [0.1, 0.15) is 33.1 Å². The standard InChI is InChI=1S/C13H26N4O3S.HI/c1-4-10(2)16-12(18)5-7-15-13(14-3)17-11-6-8-21(19,20)9-11;/h10-11H,4-9H2,1-3H3,(H,16,18)(H2,14,15,17);1H. The predicted octanol–water partition coefficient (Wildman–Crippen LogP) is 0.261. The van der Waals surface area contributed by atoms with Crippen LogP contribution in [-0.4, -0.2) is 57.5 Å². The van der Waals surface area contributed by atoms with Crippen LogP contribution in [-0.2, 0) is 14.6 Å². The molecule has 9 heteroatoms. The summed E-state index contributed by atoms with van der Waals surface area (Å²) in [5, 5.41) is 8.99. The molecule has 7 nitrogen and oxygen atoms in total. The zero-order valence-electron chi connectivity index (χ0n) is 13.4. The quantitative estimate of drug-likeness (QED) is 0.309. The summed E-state index contributed by atoms with van der Waals surface area (Å²) in [6.07, 6.45) is 1.85. The lowest BCUT2D eigenvalue weighted by Gasteiger charge is -2.16. The van der Waals surface area contributed by atoms with E-state index in [-0.39, 0.29) is 53.5 Å². The molecule has 1 amide bonds. The van der Waals surface area contributed by atoms with Crippen molar-refractivity contribution in [3.05, 3.63) is 0 Å². The number of nitrogens with one attached hydrogen (secondary N) is 3. The molecule has 0 bridgehead atoms. The molecule has 0 spiro atoms. The molecule has 0 saturated carbocycles. The van der Waals surface area contributed by atoms with Crippen LogP contribution in [0.25, 0.3) is 0 Å². The Labute approximate surface area is 150 Å². The number of carbonyl (C=O) groups excluding carboxylic acids is 1. The van der Waals surface area contributed by atoms with E-state index < -0.39 is 9.84 Å². The third-order valence-corrected chi connectivity index (χ3v) is 5.23. The SMILES string of the molecule is CCC(C)NC(=O)CCNC(=NC)NC1CCS(=O)(=O)C1.I. The second kappa shape index (κ2) is 10.2. The molecule has 0 radical (unpaired) electrons. The van der Waals surface area contributed by atoms with Gasteiger partial charge in [0.25, 0.3) is 0 Å². The van der Waals surface area contributed by atoms with Crippen molar-refractivity contribution in [2.24, 2.45) is 4.99 Å². The van der Waals surface area contributed by atoms with Gasteiger partial charge in [0.2, 0.25) is 5.91 Å². The fourth-order valence-electron chi connectivity index (χ4n) is 2.04. The summed E-state index contributed by atoms with van der Waals surface area (Å²) >= 11 is 0. The monoisotopic (exact) mass is 446 g/mol. The first kappa shape index (κ1) is 21.4. The first-order valence-corrected chi connectivity index (χ1v) is 9.15. The maximum Gasteiger partial charge on any atom is 0.221 e. The van der Waals surface area contributed by atoms with Crippen molar-refractivity contribution in [3.63, 3.8) is 0 Å². The van der Waals surface area contributed by atoms with Gasteiger partial charge in [0.1, 0.15) is 0 Å². The molecule has 1 heterocycles. The van der Waals surface area contributed by atoms with Gasteiger partial charge in [-0.05, 0) is 19.8 Å². The molecule has 2 atom stereocenters. The highest BCUT2D eigenvalue weighted by Crippen LogP contribution is 2.10. The normalized spacial score (nSPS) is 21.6. The van der Waals surface area contributed by atoms with E-state index in [0.717, 1.165) is 6.42 Å². The molecule has 3 N–H and O–H groups in total. The van der Waals surface area contributed by atoms with Crippen LogP contribution in [0, 0.1) is 0 Å². The van der Waals surface area contributed by atoms with E-state index in [1.807, 2.05) is 13.8 Å². The lowest BCUT2D eigenvalue weighted by molar-refractivity contribution is -0.121. The Balaban J connectivity index is 0.00000441. The molecule has 0 aromatic rings. The highest BCUT2D eigenvalue weighted by atomic mass is 127. The van der Waals surface area contributed by atoms with Gasteiger partial charge in [0.05, 0.1) is 11.5 Å². The summed E-state index contributed by atoms with van der Waals surface area (Å²) < 4.78 is 22.8. The molecule has 0 aliphatic carbocycles. The molecule has 1 saturated heterocycles. The average Bonchev–Trinajstić information content (AvgIpc) is 2.76. The van der Waals surface area contributed by atoms with Gasteiger partial charge >= 0.3 is 0 Å². The Morgan fingerprint density at radius 3 is 2.59 bits per heavy atom. The summed E-state index contributed by atoms with van der Waals surface area (Å²) in [5.74, 6) is 0.894. The maximum absolute atomic E-state index is 11.6. The molecule has 0 aromatic heterocycles. The molecule has 2 unspecified atom stereocenters. The Morgan fingerprint density at radius 1 is 1.41 bits per heavy atom.